The Balaban J connectivity index is 1.66. The van der Waals surface area contributed by atoms with Gasteiger partial charge in [-0.2, -0.15) is 0 Å². The van der Waals surface area contributed by atoms with Crippen LogP contribution >= 0.6 is 0 Å². The maximum Gasteiger partial charge on any atom is 0.315 e. The van der Waals surface area contributed by atoms with Crippen molar-refractivity contribution in [2.45, 2.75) is 6.54 Å². The van der Waals surface area contributed by atoms with Crippen LogP contribution in [0.4, 0.5) is 4.79 Å². The summed E-state index contributed by atoms with van der Waals surface area (Å²) in [6.45, 7) is 1.27. The first-order valence-electron chi connectivity index (χ1n) is 7.11. The summed E-state index contributed by atoms with van der Waals surface area (Å²) in [5.41, 5.74) is 0.931. The number of para-hydroxylation sites is 2. The summed E-state index contributed by atoms with van der Waals surface area (Å²) in [5, 5.41) is 5.53. The zero-order valence-corrected chi connectivity index (χ0v) is 12.5. The van der Waals surface area contributed by atoms with Crippen molar-refractivity contribution in [3.8, 4) is 11.5 Å². The first kappa shape index (κ1) is 15.7. The number of rotatable bonds is 7. The van der Waals surface area contributed by atoms with E-state index in [0.29, 0.717) is 19.7 Å². The molecule has 0 aliphatic rings. The second-order valence-corrected chi connectivity index (χ2v) is 4.58. The van der Waals surface area contributed by atoms with E-state index in [-0.39, 0.29) is 6.03 Å². The molecule has 0 bridgehead atoms. The van der Waals surface area contributed by atoms with Crippen LogP contribution in [0.15, 0.2) is 54.6 Å². The Morgan fingerprint density at radius 3 is 2.50 bits per heavy atom. The van der Waals surface area contributed by atoms with Gasteiger partial charge in [0.25, 0.3) is 0 Å². The summed E-state index contributed by atoms with van der Waals surface area (Å²) >= 11 is 0. The quantitative estimate of drug-likeness (QED) is 0.773. The van der Waals surface area contributed by atoms with Gasteiger partial charge in [-0.15, -0.1) is 0 Å². The predicted molar refractivity (Wildman–Crippen MR) is 85.2 cm³/mol. The third kappa shape index (κ3) is 5.01. The lowest BCUT2D eigenvalue weighted by molar-refractivity contribution is 0.236. The number of carbonyl (C=O) groups excluding carboxylic acids is 1. The molecule has 2 rings (SSSR count). The van der Waals surface area contributed by atoms with Crippen LogP contribution in [-0.4, -0.2) is 26.3 Å². The highest BCUT2D eigenvalue weighted by Crippen LogP contribution is 2.16. The fourth-order valence-electron chi connectivity index (χ4n) is 1.94. The Kier molecular flexibility index (Phi) is 6.11. The molecule has 0 unspecified atom stereocenters. The van der Waals surface area contributed by atoms with E-state index in [4.69, 9.17) is 9.47 Å². The average molecular weight is 300 g/mol. The van der Waals surface area contributed by atoms with Crippen molar-refractivity contribution in [2.75, 3.05) is 20.3 Å². The number of methoxy groups -OCH3 is 1. The van der Waals surface area contributed by atoms with E-state index < -0.39 is 0 Å². The molecule has 0 heterocycles. The molecule has 0 atom stereocenters. The first-order valence-corrected chi connectivity index (χ1v) is 7.11. The third-order valence-corrected chi connectivity index (χ3v) is 3.03. The Hall–Kier alpha value is -2.69. The lowest BCUT2D eigenvalue weighted by Gasteiger charge is -2.11. The monoisotopic (exact) mass is 300 g/mol. The van der Waals surface area contributed by atoms with Gasteiger partial charge in [-0.25, -0.2) is 4.79 Å². The van der Waals surface area contributed by atoms with Crippen molar-refractivity contribution in [1.29, 1.82) is 0 Å². The van der Waals surface area contributed by atoms with Crippen LogP contribution in [0.2, 0.25) is 0 Å². The van der Waals surface area contributed by atoms with Crippen LogP contribution in [0.5, 0.6) is 11.5 Å². The number of hydrogen-bond donors (Lipinski definition) is 2. The third-order valence-electron chi connectivity index (χ3n) is 3.03. The van der Waals surface area contributed by atoms with Crippen LogP contribution in [0, 0.1) is 0 Å². The number of ether oxygens (including phenoxy) is 2. The largest absolute Gasteiger partial charge is 0.496 e. The number of hydrogen-bond acceptors (Lipinski definition) is 3. The standard InChI is InChI=1S/C17H20N2O3/c1-21-16-10-6-5-7-14(16)13-19-17(20)18-11-12-22-15-8-3-2-4-9-15/h2-10H,11-13H2,1H3,(H2,18,19,20). The zero-order chi connectivity index (χ0) is 15.6. The SMILES string of the molecule is COc1ccccc1CNC(=O)NCCOc1ccccc1. The molecule has 22 heavy (non-hydrogen) atoms. The number of urea groups is 1. The number of nitrogens with one attached hydrogen (secondary N) is 2. The summed E-state index contributed by atoms with van der Waals surface area (Å²) in [5.74, 6) is 1.55. The molecular weight excluding hydrogens is 280 g/mol. The van der Waals surface area contributed by atoms with Crippen molar-refractivity contribution in [3.05, 3.63) is 60.2 Å². The van der Waals surface area contributed by atoms with Crippen molar-refractivity contribution < 1.29 is 14.3 Å². The molecule has 5 heteroatoms. The van der Waals surface area contributed by atoms with Crippen molar-refractivity contribution >= 4 is 6.03 Å². The predicted octanol–water partition coefficient (Wildman–Crippen LogP) is 2.57. The van der Waals surface area contributed by atoms with Gasteiger partial charge in [0.15, 0.2) is 0 Å². The summed E-state index contributed by atoms with van der Waals surface area (Å²) in [6, 6.07) is 16.8. The number of benzene rings is 2. The Labute approximate surface area is 130 Å². The van der Waals surface area contributed by atoms with Crippen LogP contribution in [0.25, 0.3) is 0 Å². The van der Waals surface area contributed by atoms with E-state index in [0.717, 1.165) is 17.1 Å². The second kappa shape index (κ2) is 8.56. The average Bonchev–Trinajstić information content (AvgIpc) is 2.58. The fourth-order valence-corrected chi connectivity index (χ4v) is 1.94. The summed E-state index contributed by atoms with van der Waals surface area (Å²) in [4.78, 5) is 11.7. The lowest BCUT2D eigenvalue weighted by Crippen LogP contribution is -2.37. The Morgan fingerprint density at radius 2 is 1.73 bits per heavy atom. The molecule has 5 nitrogen and oxygen atoms in total. The smallest absolute Gasteiger partial charge is 0.315 e. The van der Waals surface area contributed by atoms with E-state index >= 15 is 0 Å². The minimum atomic E-state index is -0.234. The van der Waals surface area contributed by atoms with Gasteiger partial charge in [-0.05, 0) is 18.2 Å². The van der Waals surface area contributed by atoms with Gasteiger partial charge in [-0.3, -0.25) is 0 Å². The molecule has 0 aromatic heterocycles. The van der Waals surface area contributed by atoms with Crippen LogP contribution in [0.1, 0.15) is 5.56 Å². The van der Waals surface area contributed by atoms with Crippen molar-refractivity contribution in [2.24, 2.45) is 0 Å². The van der Waals surface area contributed by atoms with Crippen LogP contribution < -0.4 is 20.1 Å². The molecular formula is C17H20N2O3. The molecule has 0 fully saturated rings. The van der Waals surface area contributed by atoms with Gasteiger partial charge < -0.3 is 20.1 Å². The molecule has 0 radical (unpaired) electrons. The first-order chi connectivity index (χ1) is 10.8. The van der Waals surface area contributed by atoms with E-state index in [1.807, 2.05) is 54.6 Å². The minimum Gasteiger partial charge on any atom is -0.496 e. The summed E-state index contributed by atoms with van der Waals surface area (Å²) < 4.78 is 10.7. The van der Waals surface area contributed by atoms with Gasteiger partial charge in [0, 0.05) is 12.1 Å². The maximum atomic E-state index is 11.7. The van der Waals surface area contributed by atoms with E-state index in [1.165, 1.54) is 0 Å². The number of carbonyl (C=O) groups is 1. The van der Waals surface area contributed by atoms with Gasteiger partial charge >= 0.3 is 6.03 Å². The highest BCUT2D eigenvalue weighted by atomic mass is 16.5. The molecule has 0 spiro atoms. The second-order valence-electron chi connectivity index (χ2n) is 4.58. The summed E-state index contributed by atoms with van der Waals surface area (Å²) in [6.07, 6.45) is 0. The lowest BCUT2D eigenvalue weighted by atomic mass is 10.2. The molecule has 0 saturated heterocycles. The highest BCUT2D eigenvalue weighted by molar-refractivity contribution is 5.73. The van der Waals surface area contributed by atoms with Gasteiger partial charge in [-0.1, -0.05) is 36.4 Å². The zero-order valence-electron chi connectivity index (χ0n) is 12.5. The molecule has 2 aromatic rings. The molecule has 0 aliphatic heterocycles. The van der Waals surface area contributed by atoms with Crippen LogP contribution in [-0.2, 0) is 6.54 Å². The highest BCUT2D eigenvalue weighted by Gasteiger charge is 2.04. The minimum absolute atomic E-state index is 0.234. The molecule has 116 valence electrons. The van der Waals surface area contributed by atoms with Gasteiger partial charge in [0.05, 0.1) is 13.7 Å². The van der Waals surface area contributed by atoms with Crippen molar-refractivity contribution in [3.63, 3.8) is 0 Å². The fraction of sp³-hybridized carbons (Fsp3) is 0.235. The van der Waals surface area contributed by atoms with E-state index in [2.05, 4.69) is 10.6 Å². The molecule has 0 saturated carbocycles. The van der Waals surface area contributed by atoms with Crippen molar-refractivity contribution in [1.82, 2.24) is 10.6 Å². The molecule has 0 aliphatic carbocycles. The summed E-state index contributed by atoms with van der Waals surface area (Å²) in [7, 11) is 1.61. The van der Waals surface area contributed by atoms with E-state index in [1.54, 1.807) is 7.11 Å². The van der Waals surface area contributed by atoms with Crippen LogP contribution in [0.3, 0.4) is 0 Å². The Morgan fingerprint density at radius 1 is 1.00 bits per heavy atom. The number of amides is 2. The van der Waals surface area contributed by atoms with Gasteiger partial charge in [0.2, 0.25) is 0 Å². The normalized spacial score (nSPS) is 9.86. The molecule has 2 N–H and O–H groups in total. The molecule has 2 amide bonds. The van der Waals surface area contributed by atoms with Gasteiger partial charge in [0.1, 0.15) is 18.1 Å². The Bertz CT molecular complexity index is 587. The molecule has 2 aromatic carbocycles. The van der Waals surface area contributed by atoms with E-state index in [9.17, 15) is 4.79 Å². The maximum absolute atomic E-state index is 11.7. The topological polar surface area (TPSA) is 59.6 Å².